The molecule has 1 aliphatic heterocycles. The van der Waals surface area contributed by atoms with Gasteiger partial charge in [0.2, 0.25) is 21.1 Å². The van der Waals surface area contributed by atoms with Crippen LogP contribution in [0.5, 0.6) is 0 Å². The predicted octanol–water partition coefficient (Wildman–Crippen LogP) is 3.40. The topological polar surface area (TPSA) is 152 Å². The van der Waals surface area contributed by atoms with Crippen LogP contribution in [0.3, 0.4) is 0 Å². The number of carbonyl (C=O) groups is 2. The number of nitrogens with zero attached hydrogens (tertiary/aromatic N) is 6. The van der Waals surface area contributed by atoms with Gasteiger partial charge in [-0.05, 0) is 68.3 Å². The van der Waals surface area contributed by atoms with E-state index in [0.29, 0.717) is 34.9 Å². The first-order valence-corrected chi connectivity index (χ1v) is 16.3. The maximum Gasteiger partial charge on any atom is 0.251 e. The van der Waals surface area contributed by atoms with Crippen LogP contribution >= 0.6 is 23.1 Å². The van der Waals surface area contributed by atoms with Crippen molar-refractivity contribution in [2.75, 3.05) is 24.2 Å². The van der Waals surface area contributed by atoms with Gasteiger partial charge in [-0.1, -0.05) is 29.5 Å². The van der Waals surface area contributed by atoms with Crippen LogP contribution in [0.15, 0.2) is 58.6 Å². The van der Waals surface area contributed by atoms with Gasteiger partial charge in [-0.25, -0.2) is 12.8 Å². The van der Waals surface area contributed by atoms with Gasteiger partial charge in [-0.3, -0.25) is 19.5 Å². The molecule has 1 saturated heterocycles. The SMILES string of the molecule is Cc1nnc(NC(=O)CSc2nnc(CNC(=O)c3ccc(S(=O)(=O)N4CCCCC4)cc3)n2-c2ccc(F)cc2)s1. The van der Waals surface area contributed by atoms with E-state index in [9.17, 15) is 22.4 Å². The van der Waals surface area contributed by atoms with Gasteiger partial charge in [-0.2, -0.15) is 4.31 Å². The fourth-order valence-electron chi connectivity index (χ4n) is 4.28. The molecule has 1 aliphatic rings. The molecule has 1 fully saturated rings. The fourth-order valence-corrected chi connectivity index (χ4v) is 7.18. The molecular weight excluding hydrogens is 604 g/mol. The second kappa shape index (κ2) is 13.1. The number of benzene rings is 2. The molecule has 4 aromatic rings. The summed E-state index contributed by atoms with van der Waals surface area (Å²) < 4.78 is 42.6. The molecule has 16 heteroatoms. The maximum absolute atomic E-state index is 13.6. The Morgan fingerprint density at radius 2 is 1.69 bits per heavy atom. The largest absolute Gasteiger partial charge is 0.345 e. The number of hydrogen-bond donors (Lipinski definition) is 2. The number of hydrogen-bond acceptors (Lipinski definition) is 10. The molecule has 0 aliphatic carbocycles. The van der Waals surface area contributed by atoms with Crippen molar-refractivity contribution >= 4 is 50.1 Å². The summed E-state index contributed by atoms with van der Waals surface area (Å²) in [7, 11) is -3.61. The second-order valence-electron chi connectivity index (χ2n) is 9.35. The minimum Gasteiger partial charge on any atom is -0.345 e. The summed E-state index contributed by atoms with van der Waals surface area (Å²) in [5.41, 5.74) is 0.819. The Hall–Kier alpha value is -3.73. The number of thioether (sulfide) groups is 1. The minimum atomic E-state index is -3.61. The number of halogens is 1. The zero-order chi connectivity index (χ0) is 29.7. The number of aryl methyl sites for hydroxylation is 1. The average Bonchev–Trinajstić information content (AvgIpc) is 3.60. The average molecular weight is 631 g/mol. The highest BCUT2D eigenvalue weighted by molar-refractivity contribution is 7.99. The number of amides is 2. The van der Waals surface area contributed by atoms with E-state index in [0.717, 1.165) is 36.0 Å². The van der Waals surface area contributed by atoms with Crippen molar-refractivity contribution in [2.24, 2.45) is 0 Å². The van der Waals surface area contributed by atoms with Gasteiger partial charge in [0.15, 0.2) is 11.0 Å². The third-order valence-corrected chi connectivity index (χ3v) is 9.96. The molecule has 0 spiro atoms. The monoisotopic (exact) mass is 630 g/mol. The Kier molecular flexibility index (Phi) is 9.25. The van der Waals surface area contributed by atoms with Crippen LogP contribution in [-0.2, 0) is 21.4 Å². The van der Waals surface area contributed by atoms with E-state index in [1.54, 1.807) is 23.6 Å². The van der Waals surface area contributed by atoms with Crippen LogP contribution in [0.4, 0.5) is 9.52 Å². The lowest BCUT2D eigenvalue weighted by atomic mass is 10.2. The third kappa shape index (κ3) is 7.00. The van der Waals surface area contributed by atoms with E-state index < -0.39 is 21.7 Å². The molecular formula is C26H27FN8O4S3. The van der Waals surface area contributed by atoms with E-state index in [1.165, 1.54) is 52.0 Å². The molecule has 2 aromatic heterocycles. The van der Waals surface area contributed by atoms with Crippen LogP contribution < -0.4 is 10.6 Å². The van der Waals surface area contributed by atoms with Gasteiger partial charge in [0.25, 0.3) is 5.91 Å². The van der Waals surface area contributed by atoms with Gasteiger partial charge in [0.1, 0.15) is 10.8 Å². The maximum atomic E-state index is 13.6. The summed E-state index contributed by atoms with van der Waals surface area (Å²) in [6.07, 6.45) is 2.68. The van der Waals surface area contributed by atoms with Crippen molar-refractivity contribution < 1.29 is 22.4 Å². The second-order valence-corrected chi connectivity index (χ2v) is 13.4. The van der Waals surface area contributed by atoms with Gasteiger partial charge < -0.3 is 5.32 Å². The van der Waals surface area contributed by atoms with E-state index in [1.807, 2.05) is 0 Å². The first-order valence-electron chi connectivity index (χ1n) is 13.0. The summed E-state index contributed by atoms with van der Waals surface area (Å²) in [6, 6.07) is 11.5. The lowest BCUT2D eigenvalue weighted by Crippen LogP contribution is -2.35. The predicted molar refractivity (Wildman–Crippen MR) is 156 cm³/mol. The Labute approximate surface area is 249 Å². The van der Waals surface area contributed by atoms with Crippen LogP contribution in [-0.4, -0.2) is 68.3 Å². The van der Waals surface area contributed by atoms with Crippen LogP contribution in [0.2, 0.25) is 0 Å². The first kappa shape index (κ1) is 29.8. The number of rotatable bonds is 10. The zero-order valence-corrected chi connectivity index (χ0v) is 24.9. The number of aromatic nitrogens is 5. The fraction of sp³-hybridized carbons (Fsp3) is 0.308. The lowest BCUT2D eigenvalue weighted by Gasteiger charge is -2.25. The van der Waals surface area contributed by atoms with E-state index in [-0.39, 0.29) is 28.7 Å². The summed E-state index contributed by atoms with van der Waals surface area (Å²) in [4.78, 5) is 25.5. The normalized spacial score (nSPS) is 14.0. The van der Waals surface area contributed by atoms with E-state index in [2.05, 4.69) is 31.0 Å². The van der Waals surface area contributed by atoms with Crippen LogP contribution in [0.1, 0.15) is 40.5 Å². The summed E-state index contributed by atoms with van der Waals surface area (Å²) in [5, 5.41) is 23.0. The van der Waals surface area contributed by atoms with Crippen molar-refractivity contribution in [1.29, 1.82) is 0 Å². The molecule has 0 bridgehead atoms. The first-order chi connectivity index (χ1) is 20.2. The summed E-state index contributed by atoms with van der Waals surface area (Å²) in [6.45, 7) is 2.73. The lowest BCUT2D eigenvalue weighted by molar-refractivity contribution is -0.113. The standard InChI is InChI=1S/C26H27FN8O4S3/c1-17-30-32-25(41-17)29-23(36)16-40-26-33-31-22(35(26)20-9-7-19(27)8-10-20)15-28-24(37)18-5-11-21(12-6-18)42(38,39)34-13-3-2-4-14-34/h5-12H,2-4,13-16H2,1H3,(H,28,37)(H,29,32,36). The number of nitrogens with one attached hydrogen (secondary N) is 2. The Bertz CT molecular complexity index is 1670. The molecule has 220 valence electrons. The Balaban J connectivity index is 1.27. The molecule has 3 heterocycles. The number of sulfonamides is 1. The number of piperidine rings is 1. The molecule has 2 aromatic carbocycles. The third-order valence-electron chi connectivity index (χ3n) is 6.37. The molecule has 0 radical (unpaired) electrons. The van der Waals surface area contributed by atoms with Crippen LogP contribution in [0.25, 0.3) is 5.69 Å². The van der Waals surface area contributed by atoms with Crippen molar-refractivity contribution in [1.82, 2.24) is 34.6 Å². The van der Waals surface area contributed by atoms with Gasteiger partial charge in [-0.15, -0.1) is 20.4 Å². The molecule has 0 saturated carbocycles. The van der Waals surface area contributed by atoms with Crippen LogP contribution in [0, 0.1) is 12.7 Å². The van der Waals surface area contributed by atoms with Crippen molar-refractivity contribution in [3.63, 3.8) is 0 Å². The van der Waals surface area contributed by atoms with Gasteiger partial charge in [0.05, 0.1) is 17.2 Å². The highest BCUT2D eigenvalue weighted by atomic mass is 32.2. The summed E-state index contributed by atoms with van der Waals surface area (Å²) in [5.74, 6) is -0.830. The Morgan fingerprint density at radius 1 is 0.976 bits per heavy atom. The molecule has 42 heavy (non-hydrogen) atoms. The number of anilines is 1. The minimum absolute atomic E-state index is 0.00298. The van der Waals surface area contributed by atoms with E-state index >= 15 is 0 Å². The highest BCUT2D eigenvalue weighted by Crippen LogP contribution is 2.24. The zero-order valence-electron chi connectivity index (χ0n) is 22.5. The van der Waals surface area contributed by atoms with Crippen molar-refractivity contribution in [3.05, 3.63) is 70.7 Å². The summed E-state index contributed by atoms with van der Waals surface area (Å²) >= 11 is 2.37. The highest BCUT2D eigenvalue weighted by Gasteiger charge is 2.26. The quantitative estimate of drug-likeness (QED) is 0.251. The molecule has 5 rings (SSSR count). The Morgan fingerprint density at radius 3 is 2.36 bits per heavy atom. The van der Waals surface area contributed by atoms with Crippen molar-refractivity contribution in [3.8, 4) is 5.69 Å². The van der Waals surface area contributed by atoms with E-state index in [4.69, 9.17) is 0 Å². The molecule has 12 nitrogen and oxygen atoms in total. The van der Waals surface area contributed by atoms with Crippen molar-refractivity contribution in [2.45, 2.75) is 42.8 Å². The smallest absolute Gasteiger partial charge is 0.251 e. The molecule has 0 atom stereocenters. The van der Waals surface area contributed by atoms with Gasteiger partial charge >= 0.3 is 0 Å². The number of carbonyl (C=O) groups excluding carboxylic acids is 2. The molecule has 2 amide bonds. The molecule has 0 unspecified atom stereocenters. The van der Waals surface area contributed by atoms with Gasteiger partial charge in [0, 0.05) is 24.3 Å². The molecule has 2 N–H and O–H groups in total.